The third-order valence-corrected chi connectivity index (χ3v) is 7.52. The number of nitrogens with one attached hydrogen (secondary N) is 1. The number of anilines is 1. The lowest BCUT2D eigenvalue weighted by atomic mass is 10.1. The van der Waals surface area contributed by atoms with Crippen LogP contribution in [-0.4, -0.2) is 19.4 Å². The standard InChI is InChI=1S/C27H18BrN3O4S/c28-20-11-13-21(14-12-20)36(34,35)31-24-16-25(26(32)23-8-4-3-7-22(23)24)29-30-27(33)19-10-9-17-5-1-2-6-18(17)15-19/h1-16,31-32H. The van der Waals surface area contributed by atoms with Crippen LogP contribution < -0.4 is 4.72 Å². The van der Waals surface area contributed by atoms with Gasteiger partial charge in [-0.15, -0.1) is 10.2 Å². The fourth-order valence-electron chi connectivity index (χ4n) is 3.80. The summed E-state index contributed by atoms with van der Waals surface area (Å²) in [6.45, 7) is 0. The van der Waals surface area contributed by atoms with E-state index in [1.54, 1.807) is 48.5 Å². The van der Waals surface area contributed by atoms with Gasteiger partial charge in [-0.25, -0.2) is 8.42 Å². The Morgan fingerprint density at radius 3 is 2.22 bits per heavy atom. The van der Waals surface area contributed by atoms with Gasteiger partial charge in [0, 0.05) is 20.8 Å². The van der Waals surface area contributed by atoms with Crippen molar-refractivity contribution < 1.29 is 18.3 Å². The van der Waals surface area contributed by atoms with Crippen molar-refractivity contribution in [2.24, 2.45) is 10.2 Å². The van der Waals surface area contributed by atoms with E-state index in [2.05, 4.69) is 30.9 Å². The number of phenolic OH excluding ortho intramolecular Hbond substituents is 1. The maximum Gasteiger partial charge on any atom is 0.295 e. The molecule has 0 unspecified atom stereocenters. The van der Waals surface area contributed by atoms with E-state index in [0.717, 1.165) is 15.2 Å². The maximum atomic E-state index is 13.0. The zero-order valence-electron chi connectivity index (χ0n) is 18.6. The molecule has 0 spiro atoms. The van der Waals surface area contributed by atoms with E-state index >= 15 is 0 Å². The largest absolute Gasteiger partial charge is 0.505 e. The van der Waals surface area contributed by atoms with Crippen LogP contribution in [0, 0.1) is 0 Å². The smallest absolute Gasteiger partial charge is 0.295 e. The first-order valence-electron chi connectivity index (χ1n) is 10.8. The van der Waals surface area contributed by atoms with Crippen LogP contribution >= 0.6 is 15.9 Å². The van der Waals surface area contributed by atoms with Gasteiger partial charge in [-0.3, -0.25) is 9.52 Å². The number of hydrogen-bond donors (Lipinski definition) is 2. The quantitative estimate of drug-likeness (QED) is 0.175. The normalized spacial score (nSPS) is 11.8. The van der Waals surface area contributed by atoms with Gasteiger partial charge >= 0.3 is 0 Å². The van der Waals surface area contributed by atoms with Gasteiger partial charge in [-0.2, -0.15) is 0 Å². The number of sulfonamides is 1. The summed E-state index contributed by atoms with van der Waals surface area (Å²) in [4.78, 5) is 12.8. The summed E-state index contributed by atoms with van der Waals surface area (Å²) >= 11 is 3.29. The molecular formula is C27H18BrN3O4S. The molecule has 0 heterocycles. The minimum atomic E-state index is -3.94. The first-order valence-corrected chi connectivity index (χ1v) is 13.1. The Bertz CT molecular complexity index is 1770. The van der Waals surface area contributed by atoms with Crippen LogP contribution in [0.15, 0.2) is 117 Å². The van der Waals surface area contributed by atoms with Crippen LogP contribution in [0.1, 0.15) is 10.4 Å². The predicted octanol–water partition coefficient (Wildman–Crippen LogP) is 7.19. The number of nitrogens with zero attached hydrogens (tertiary/aromatic N) is 2. The molecular weight excluding hydrogens is 542 g/mol. The van der Waals surface area contributed by atoms with Gasteiger partial charge in [-0.05, 0) is 53.2 Å². The Balaban J connectivity index is 1.52. The SMILES string of the molecule is O=C(N=Nc1cc(NS(=O)(=O)c2ccc(Br)cc2)c2ccccc2c1O)c1ccc2ccccc2c1. The van der Waals surface area contributed by atoms with Gasteiger partial charge in [0.25, 0.3) is 15.9 Å². The highest BCUT2D eigenvalue weighted by molar-refractivity contribution is 9.10. The molecule has 0 bridgehead atoms. The molecule has 0 aliphatic carbocycles. The summed E-state index contributed by atoms with van der Waals surface area (Å²) in [7, 11) is -3.94. The van der Waals surface area contributed by atoms with Crippen LogP contribution in [0.2, 0.25) is 0 Å². The average molecular weight is 560 g/mol. The lowest BCUT2D eigenvalue weighted by Crippen LogP contribution is -2.13. The number of azo groups is 1. The number of fused-ring (bicyclic) bond motifs is 2. The summed E-state index contributed by atoms with van der Waals surface area (Å²) in [6, 6.07) is 27.1. The number of aromatic hydroxyl groups is 1. The maximum absolute atomic E-state index is 13.0. The number of benzene rings is 5. The van der Waals surface area contributed by atoms with E-state index in [1.807, 2.05) is 30.3 Å². The highest BCUT2D eigenvalue weighted by Gasteiger charge is 2.19. The van der Waals surface area contributed by atoms with Crippen molar-refractivity contribution in [2.45, 2.75) is 4.90 Å². The molecule has 0 saturated heterocycles. The molecule has 9 heteroatoms. The number of phenols is 1. The molecule has 5 rings (SSSR count). The topological polar surface area (TPSA) is 108 Å². The van der Waals surface area contributed by atoms with Crippen molar-refractivity contribution in [3.8, 4) is 5.75 Å². The molecule has 0 aliphatic rings. The molecule has 36 heavy (non-hydrogen) atoms. The van der Waals surface area contributed by atoms with Crippen LogP contribution in [0.3, 0.4) is 0 Å². The summed E-state index contributed by atoms with van der Waals surface area (Å²) in [5.74, 6) is -0.808. The van der Waals surface area contributed by atoms with Crippen molar-refractivity contribution in [3.63, 3.8) is 0 Å². The predicted molar refractivity (Wildman–Crippen MR) is 143 cm³/mol. The highest BCUT2D eigenvalue weighted by Crippen LogP contribution is 2.40. The Morgan fingerprint density at radius 1 is 0.806 bits per heavy atom. The number of halogens is 1. The Kier molecular flexibility index (Phi) is 6.26. The molecule has 5 aromatic carbocycles. The van der Waals surface area contributed by atoms with Crippen LogP contribution in [0.5, 0.6) is 5.75 Å². The Labute approximate surface area is 215 Å². The molecule has 1 amide bonds. The zero-order chi connectivity index (χ0) is 25.3. The van der Waals surface area contributed by atoms with E-state index < -0.39 is 15.9 Å². The minimum Gasteiger partial charge on any atom is -0.505 e. The fraction of sp³-hybridized carbons (Fsp3) is 0. The van der Waals surface area contributed by atoms with Crippen molar-refractivity contribution >= 4 is 64.8 Å². The second-order valence-electron chi connectivity index (χ2n) is 7.96. The third-order valence-electron chi connectivity index (χ3n) is 5.61. The summed E-state index contributed by atoms with van der Waals surface area (Å²) in [5.41, 5.74) is 0.490. The van der Waals surface area contributed by atoms with E-state index in [0.29, 0.717) is 16.3 Å². The van der Waals surface area contributed by atoms with Gasteiger partial charge in [0.1, 0.15) is 5.69 Å². The van der Waals surface area contributed by atoms with Gasteiger partial charge in [0.2, 0.25) is 0 Å². The molecule has 178 valence electrons. The molecule has 0 fully saturated rings. The molecule has 0 saturated carbocycles. The Morgan fingerprint density at radius 2 is 1.47 bits per heavy atom. The van der Waals surface area contributed by atoms with Crippen LogP contribution in [0.25, 0.3) is 21.5 Å². The van der Waals surface area contributed by atoms with Gasteiger partial charge < -0.3 is 5.11 Å². The fourth-order valence-corrected chi connectivity index (χ4v) is 5.14. The molecule has 7 nitrogen and oxygen atoms in total. The second kappa shape index (κ2) is 9.52. The van der Waals surface area contributed by atoms with E-state index in [4.69, 9.17) is 0 Å². The highest BCUT2D eigenvalue weighted by atomic mass is 79.9. The lowest BCUT2D eigenvalue weighted by molar-refractivity contribution is 0.0995. The molecule has 2 N–H and O–H groups in total. The summed E-state index contributed by atoms with van der Waals surface area (Å²) in [5, 5.41) is 21.3. The molecule has 0 aliphatic heterocycles. The van der Waals surface area contributed by atoms with Gasteiger partial charge in [-0.1, -0.05) is 70.5 Å². The average Bonchev–Trinajstić information content (AvgIpc) is 2.89. The van der Waals surface area contributed by atoms with Crippen molar-refractivity contribution in [3.05, 3.63) is 107 Å². The van der Waals surface area contributed by atoms with Crippen molar-refractivity contribution in [2.75, 3.05) is 4.72 Å². The van der Waals surface area contributed by atoms with E-state index in [9.17, 15) is 18.3 Å². The number of carbonyl (C=O) groups is 1. The number of rotatable bonds is 5. The molecule has 5 aromatic rings. The number of amides is 1. The van der Waals surface area contributed by atoms with Crippen LogP contribution in [0.4, 0.5) is 11.4 Å². The second-order valence-corrected chi connectivity index (χ2v) is 10.6. The van der Waals surface area contributed by atoms with E-state index in [-0.39, 0.29) is 22.0 Å². The van der Waals surface area contributed by atoms with Crippen molar-refractivity contribution in [1.82, 2.24) is 0 Å². The number of carbonyl (C=O) groups excluding carboxylic acids is 1. The monoisotopic (exact) mass is 559 g/mol. The zero-order valence-corrected chi connectivity index (χ0v) is 21.0. The van der Waals surface area contributed by atoms with Crippen molar-refractivity contribution in [1.29, 1.82) is 0 Å². The lowest BCUT2D eigenvalue weighted by Gasteiger charge is -2.13. The van der Waals surface area contributed by atoms with Gasteiger partial charge in [0.05, 0.1) is 10.6 Å². The minimum absolute atomic E-state index is 0.0451. The Hall–Kier alpha value is -4.08. The first kappa shape index (κ1) is 23.7. The molecule has 0 atom stereocenters. The third kappa shape index (κ3) is 4.71. The molecule has 0 radical (unpaired) electrons. The molecule has 0 aromatic heterocycles. The van der Waals surface area contributed by atoms with E-state index in [1.165, 1.54) is 18.2 Å². The first-order chi connectivity index (χ1) is 17.3. The number of hydrogen-bond acceptors (Lipinski definition) is 5. The van der Waals surface area contributed by atoms with Crippen LogP contribution in [-0.2, 0) is 10.0 Å². The summed E-state index contributed by atoms with van der Waals surface area (Å²) in [6.07, 6.45) is 0. The van der Waals surface area contributed by atoms with Gasteiger partial charge in [0.15, 0.2) is 5.75 Å². The summed E-state index contributed by atoms with van der Waals surface area (Å²) < 4.78 is 29.3.